The van der Waals surface area contributed by atoms with Gasteiger partial charge in [0, 0.05) is 20.1 Å². The second kappa shape index (κ2) is 3.04. The Kier molecular flexibility index (Phi) is 2.28. The zero-order valence-corrected chi connectivity index (χ0v) is 7.23. The highest BCUT2D eigenvalue weighted by Crippen LogP contribution is 1.99. The molecule has 0 atom stereocenters. The van der Waals surface area contributed by atoms with E-state index in [1.807, 2.05) is 0 Å². The maximum Gasteiger partial charge on any atom is 0.241 e. The van der Waals surface area contributed by atoms with Gasteiger partial charge in [0.05, 0.1) is 6.54 Å². The summed E-state index contributed by atoms with van der Waals surface area (Å²) in [5.74, 6) is 0.0732. The molecule has 1 fully saturated rings. The van der Waals surface area contributed by atoms with Gasteiger partial charge in [-0.05, 0) is 12.2 Å². The fourth-order valence-corrected chi connectivity index (χ4v) is 1.10. The third kappa shape index (κ3) is 1.80. The molecule has 5 heteroatoms. The Labute approximate surface area is 70.9 Å². The molecule has 0 radical (unpaired) electrons. The van der Waals surface area contributed by atoms with E-state index in [0.717, 1.165) is 6.54 Å². The number of thiocarbonyl (C=S) groups is 1. The molecule has 0 spiro atoms. The summed E-state index contributed by atoms with van der Waals surface area (Å²) < 4.78 is 0. The highest BCUT2D eigenvalue weighted by molar-refractivity contribution is 7.80. The Morgan fingerprint density at radius 1 is 1.64 bits per heavy atom. The molecule has 0 aromatic rings. The van der Waals surface area contributed by atoms with E-state index in [0.29, 0.717) is 18.2 Å². The lowest BCUT2D eigenvalue weighted by atomic mass is 10.3. The average Bonchev–Trinajstić information content (AvgIpc) is 1.94. The van der Waals surface area contributed by atoms with Crippen molar-refractivity contribution < 1.29 is 4.79 Å². The molecule has 1 amide bonds. The second-order valence-electron chi connectivity index (χ2n) is 2.58. The normalized spacial score (nSPS) is 18.8. The van der Waals surface area contributed by atoms with Crippen molar-refractivity contribution in [3.8, 4) is 0 Å². The highest BCUT2D eigenvalue weighted by Gasteiger charge is 2.20. The molecule has 1 aliphatic rings. The van der Waals surface area contributed by atoms with E-state index < -0.39 is 0 Å². The Morgan fingerprint density at radius 2 is 2.27 bits per heavy atom. The van der Waals surface area contributed by atoms with Gasteiger partial charge in [-0.2, -0.15) is 0 Å². The van der Waals surface area contributed by atoms with Gasteiger partial charge in [-0.1, -0.05) is 0 Å². The first kappa shape index (κ1) is 8.26. The summed E-state index contributed by atoms with van der Waals surface area (Å²) in [6.07, 6.45) is 0. The number of amides is 1. The Balaban J connectivity index is 2.53. The summed E-state index contributed by atoms with van der Waals surface area (Å²) >= 11 is 4.74. The van der Waals surface area contributed by atoms with E-state index in [1.165, 1.54) is 0 Å². The lowest BCUT2D eigenvalue weighted by Crippen LogP contribution is -2.52. The molecule has 1 rings (SSSR count). The monoisotopic (exact) mass is 173 g/mol. The van der Waals surface area contributed by atoms with Gasteiger partial charge in [0.15, 0.2) is 5.11 Å². The van der Waals surface area contributed by atoms with Crippen LogP contribution in [0.1, 0.15) is 0 Å². The van der Waals surface area contributed by atoms with E-state index >= 15 is 0 Å². The predicted octanol–water partition coefficient (Wildman–Crippen LogP) is -0.996. The molecule has 11 heavy (non-hydrogen) atoms. The van der Waals surface area contributed by atoms with Crippen molar-refractivity contribution in [3.05, 3.63) is 0 Å². The maximum absolute atomic E-state index is 11.1. The number of carbonyl (C=O) groups is 1. The van der Waals surface area contributed by atoms with Crippen LogP contribution in [-0.4, -0.2) is 47.5 Å². The van der Waals surface area contributed by atoms with Gasteiger partial charge in [-0.3, -0.25) is 4.79 Å². The summed E-state index contributed by atoms with van der Waals surface area (Å²) in [4.78, 5) is 14.5. The van der Waals surface area contributed by atoms with Crippen LogP contribution in [0.15, 0.2) is 0 Å². The van der Waals surface area contributed by atoms with Gasteiger partial charge >= 0.3 is 0 Å². The third-order valence-electron chi connectivity index (χ3n) is 1.77. The highest BCUT2D eigenvalue weighted by atomic mass is 32.1. The zero-order valence-electron chi connectivity index (χ0n) is 6.41. The van der Waals surface area contributed by atoms with Crippen LogP contribution in [-0.2, 0) is 4.79 Å². The average molecular weight is 173 g/mol. The van der Waals surface area contributed by atoms with Crippen molar-refractivity contribution in [1.82, 2.24) is 9.80 Å². The van der Waals surface area contributed by atoms with Crippen LogP contribution in [0.5, 0.6) is 0 Å². The Hall–Kier alpha value is -0.840. The zero-order chi connectivity index (χ0) is 8.43. The van der Waals surface area contributed by atoms with Gasteiger partial charge in [-0.25, -0.2) is 0 Å². The molecule has 0 unspecified atom stereocenters. The summed E-state index contributed by atoms with van der Waals surface area (Å²) in [7, 11) is 1.78. The molecule has 0 aromatic heterocycles. The molecule has 0 aromatic carbocycles. The summed E-state index contributed by atoms with van der Waals surface area (Å²) in [5, 5.41) is 0.312. The molecule has 1 aliphatic heterocycles. The first-order valence-electron chi connectivity index (χ1n) is 3.39. The van der Waals surface area contributed by atoms with E-state index in [2.05, 4.69) is 0 Å². The standard InChI is InChI=1S/C6H11N3OS/c1-8-2-3-9(6(7)11)4-5(8)10/h2-4H2,1H3,(H2,7,11). The van der Waals surface area contributed by atoms with Crippen LogP contribution in [0.25, 0.3) is 0 Å². The molecule has 2 N–H and O–H groups in total. The van der Waals surface area contributed by atoms with Crippen LogP contribution in [0.3, 0.4) is 0 Å². The quantitative estimate of drug-likeness (QED) is 0.478. The molecule has 1 heterocycles. The fraction of sp³-hybridized carbons (Fsp3) is 0.667. The van der Waals surface area contributed by atoms with Crippen LogP contribution >= 0.6 is 12.2 Å². The van der Waals surface area contributed by atoms with Gasteiger partial charge in [-0.15, -0.1) is 0 Å². The van der Waals surface area contributed by atoms with E-state index in [9.17, 15) is 4.79 Å². The number of nitrogens with zero attached hydrogens (tertiary/aromatic N) is 2. The van der Waals surface area contributed by atoms with Gasteiger partial charge in [0.2, 0.25) is 5.91 Å². The van der Waals surface area contributed by atoms with Crippen molar-refractivity contribution in [2.45, 2.75) is 0 Å². The van der Waals surface area contributed by atoms with Crippen LogP contribution in [0.2, 0.25) is 0 Å². The molecule has 0 saturated carbocycles. The van der Waals surface area contributed by atoms with Gasteiger partial charge in [0.1, 0.15) is 0 Å². The summed E-state index contributed by atoms with van der Waals surface area (Å²) in [6, 6.07) is 0. The van der Waals surface area contributed by atoms with Crippen LogP contribution < -0.4 is 5.73 Å². The Morgan fingerprint density at radius 3 is 2.73 bits per heavy atom. The second-order valence-corrected chi connectivity index (χ2v) is 2.99. The summed E-state index contributed by atoms with van der Waals surface area (Å²) in [6.45, 7) is 1.78. The number of likely N-dealkylation sites (N-methyl/N-ethyl adjacent to an activating group) is 1. The molecule has 62 valence electrons. The smallest absolute Gasteiger partial charge is 0.241 e. The number of hydrogen-bond donors (Lipinski definition) is 1. The first-order valence-corrected chi connectivity index (χ1v) is 3.80. The predicted molar refractivity (Wildman–Crippen MR) is 46.0 cm³/mol. The maximum atomic E-state index is 11.1. The van der Waals surface area contributed by atoms with Crippen molar-refractivity contribution in [2.24, 2.45) is 5.73 Å². The number of piperazine rings is 1. The van der Waals surface area contributed by atoms with Crippen molar-refractivity contribution in [1.29, 1.82) is 0 Å². The minimum Gasteiger partial charge on any atom is -0.376 e. The lowest BCUT2D eigenvalue weighted by molar-refractivity contribution is -0.132. The number of carbonyl (C=O) groups excluding carboxylic acids is 1. The number of nitrogens with two attached hydrogens (primary N) is 1. The third-order valence-corrected chi connectivity index (χ3v) is 2.03. The Bertz CT molecular complexity index is 194. The van der Waals surface area contributed by atoms with E-state index in [-0.39, 0.29) is 5.91 Å². The minimum absolute atomic E-state index is 0.0732. The molecule has 0 aliphatic carbocycles. The topological polar surface area (TPSA) is 49.6 Å². The minimum atomic E-state index is 0.0732. The number of rotatable bonds is 0. The largest absolute Gasteiger partial charge is 0.376 e. The van der Waals surface area contributed by atoms with Crippen LogP contribution in [0.4, 0.5) is 0 Å². The van der Waals surface area contributed by atoms with Crippen molar-refractivity contribution in [2.75, 3.05) is 26.7 Å². The van der Waals surface area contributed by atoms with E-state index in [1.54, 1.807) is 16.8 Å². The van der Waals surface area contributed by atoms with Crippen molar-refractivity contribution >= 4 is 23.2 Å². The molecule has 1 saturated heterocycles. The van der Waals surface area contributed by atoms with Gasteiger partial charge < -0.3 is 15.5 Å². The van der Waals surface area contributed by atoms with Crippen LogP contribution in [0, 0.1) is 0 Å². The molecular weight excluding hydrogens is 162 g/mol. The SMILES string of the molecule is CN1CCN(C(N)=S)CC1=O. The molecular formula is C6H11N3OS. The number of hydrogen-bond acceptors (Lipinski definition) is 2. The molecule has 4 nitrogen and oxygen atoms in total. The van der Waals surface area contributed by atoms with Crippen molar-refractivity contribution in [3.63, 3.8) is 0 Å². The van der Waals surface area contributed by atoms with E-state index in [4.69, 9.17) is 18.0 Å². The fourth-order valence-electron chi connectivity index (χ4n) is 0.947. The first-order chi connectivity index (χ1) is 5.11. The van der Waals surface area contributed by atoms with Gasteiger partial charge in [0.25, 0.3) is 0 Å². The molecule has 0 bridgehead atoms. The summed E-state index contributed by atoms with van der Waals surface area (Å²) in [5.41, 5.74) is 5.36. The lowest BCUT2D eigenvalue weighted by Gasteiger charge is -2.32.